The Morgan fingerprint density at radius 3 is 2.71 bits per heavy atom. The van der Waals surface area contributed by atoms with Gasteiger partial charge in [0.05, 0.1) is 6.61 Å². The van der Waals surface area contributed by atoms with Crippen LogP contribution in [0.25, 0.3) is 0 Å². The Hall–Kier alpha value is -0.980. The third kappa shape index (κ3) is 1.15. The highest BCUT2D eigenvalue weighted by atomic mass is 16.5. The summed E-state index contributed by atoms with van der Waals surface area (Å²) in [5.74, 6) is 1.72. The van der Waals surface area contributed by atoms with Gasteiger partial charge in [-0.05, 0) is 18.4 Å². The van der Waals surface area contributed by atoms with Crippen LogP contribution in [-0.4, -0.2) is 6.61 Å². The van der Waals surface area contributed by atoms with E-state index in [1.165, 1.54) is 5.56 Å². The minimum absolute atomic E-state index is 0.247. The lowest BCUT2D eigenvalue weighted by atomic mass is 9.71. The molecule has 0 radical (unpaired) electrons. The molecule has 1 unspecified atom stereocenters. The van der Waals surface area contributed by atoms with Crippen LogP contribution >= 0.6 is 0 Å². The van der Waals surface area contributed by atoms with Crippen LogP contribution in [0.4, 0.5) is 0 Å². The number of hydrogen-bond donors (Lipinski definition) is 0. The van der Waals surface area contributed by atoms with Crippen molar-refractivity contribution in [3.8, 4) is 5.75 Å². The summed E-state index contributed by atoms with van der Waals surface area (Å²) in [5, 5.41) is 0. The molecule has 0 bridgehead atoms. The molecule has 1 aromatic carbocycles. The molecule has 1 aliphatic rings. The van der Waals surface area contributed by atoms with E-state index in [2.05, 4.69) is 39.0 Å². The molecule has 0 spiro atoms. The number of para-hydroxylation sites is 1. The molecule has 0 saturated carbocycles. The van der Waals surface area contributed by atoms with Crippen molar-refractivity contribution in [2.45, 2.75) is 32.6 Å². The van der Waals surface area contributed by atoms with Gasteiger partial charge in [0.2, 0.25) is 0 Å². The smallest absolute Gasteiger partial charge is 0.123 e. The van der Waals surface area contributed by atoms with Crippen LogP contribution in [0.15, 0.2) is 24.3 Å². The molecule has 2 rings (SSSR count). The predicted molar refractivity (Wildman–Crippen MR) is 58.7 cm³/mol. The fourth-order valence-corrected chi connectivity index (χ4v) is 2.47. The fraction of sp³-hybridized carbons (Fsp3) is 0.538. The van der Waals surface area contributed by atoms with Crippen molar-refractivity contribution in [3.63, 3.8) is 0 Å². The summed E-state index contributed by atoms with van der Waals surface area (Å²) in [6, 6.07) is 8.45. The lowest BCUT2D eigenvalue weighted by molar-refractivity contribution is 0.208. The van der Waals surface area contributed by atoms with Crippen LogP contribution < -0.4 is 4.74 Å². The molecule has 0 saturated heterocycles. The fourth-order valence-electron chi connectivity index (χ4n) is 2.47. The van der Waals surface area contributed by atoms with E-state index in [0.29, 0.717) is 5.92 Å². The highest BCUT2D eigenvalue weighted by Crippen LogP contribution is 2.45. The van der Waals surface area contributed by atoms with Gasteiger partial charge in [-0.2, -0.15) is 0 Å². The Morgan fingerprint density at radius 2 is 2.07 bits per heavy atom. The zero-order valence-corrected chi connectivity index (χ0v) is 9.21. The standard InChI is InChI=1S/C13H18O/c1-4-13(10(2)3)9-14-12-8-6-5-7-11(12)13/h5-8,10H,4,9H2,1-3H3. The van der Waals surface area contributed by atoms with Gasteiger partial charge in [0.1, 0.15) is 5.75 Å². The Bertz CT molecular complexity index is 330. The summed E-state index contributed by atoms with van der Waals surface area (Å²) in [7, 11) is 0. The Morgan fingerprint density at radius 1 is 1.36 bits per heavy atom. The molecule has 0 aromatic heterocycles. The number of rotatable bonds is 2. The summed E-state index contributed by atoms with van der Waals surface area (Å²) in [6.45, 7) is 7.68. The van der Waals surface area contributed by atoms with E-state index in [-0.39, 0.29) is 5.41 Å². The molecule has 0 aliphatic carbocycles. The molecule has 0 fully saturated rings. The largest absolute Gasteiger partial charge is 0.492 e. The molecular formula is C13H18O. The monoisotopic (exact) mass is 190 g/mol. The highest BCUT2D eigenvalue weighted by molar-refractivity contribution is 5.43. The van der Waals surface area contributed by atoms with Crippen LogP contribution in [0.5, 0.6) is 5.75 Å². The van der Waals surface area contributed by atoms with Gasteiger partial charge in [-0.3, -0.25) is 0 Å². The van der Waals surface area contributed by atoms with Crippen LogP contribution in [0.3, 0.4) is 0 Å². The Labute approximate surface area is 86.1 Å². The van der Waals surface area contributed by atoms with Crippen molar-refractivity contribution in [1.82, 2.24) is 0 Å². The van der Waals surface area contributed by atoms with Gasteiger partial charge in [0.15, 0.2) is 0 Å². The second kappa shape index (κ2) is 3.30. The normalized spacial score (nSPS) is 24.9. The SMILES string of the molecule is CCC1(C(C)C)COc2ccccc21. The van der Waals surface area contributed by atoms with Crippen molar-refractivity contribution in [3.05, 3.63) is 29.8 Å². The molecule has 14 heavy (non-hydrogen) atoms. The van der Waals surface area contributed by atoms with Gasteiger partial charge >= 0.3 is 0 Å². The minimum Gasteiger partial charge on any atom is -0.492 e. The lowest BCUT2D eigenvalue weighted by Gasteiger charge is -2.30. The third-order valence-corrected chi connectivity index (χ3v) is 3.64. The van der Waals surface area contributed by atoms with E-state index < -0.39 is 0 Å². The average molecular weight is 190 g/mol. The van der Waals surface area contributed by atoms with Crippen molar-refractivity contribution >= 4 is 0 Å². The maximum atomic E-state index is 5.77. The third-order valence-electron chi connectivity index (χ3n) is 3.64. The topological polar surface area (TPSA) is 9.23 Å². The first kappa shape index (κ1) is 9.57. The van der Waals surface area contributed by atoms with Crippen LogP contribution in [0, 0.1) is 5.92 Å². The van der Waals surface area contributed by atoms with Crippen molar-refractivity contribution < 1.29 is 4.74 Å². The summed E-state index contributed by atoms with van der Waals surface area (Å²) < 4.78 is 5.77. The second-order valence-corrected chi connectivity index (χ2v) is 4.45. The summed E-state index contributed by atoms with van der Waals surface area (Å²) in [4.78, 5) is 0. The second-order valence-electron chi connectivity index (χ2n) is 4.45. The quantitative estimate of drug-likeness (QED) is 0.694. The first-order chi connectivity index (χ1) is 6.70. The number of benzene rings is 1. The molecule has 1 nitrogen and oxygen atoms in total. The maximum Gasteiger partial charge on any atom is 0.123 e. The molecule has 1 aliphatic heterocycles. The van der Waals surface area contributed by atoms with Gasteiger partial charge in [-0.25, -0.2) is 0 Å². The molecule has 0 N–H and O–H groups in total. The van der Waals surface area contributed by atoms with Gasteiger partial charge in [0, 0.05) is 11.0 Å². The summed E-state index contributed by atoms with van der Waals surface area (Å²) >= 11 is 0. The van der Waals surface area contributed by atoms with E-state index in [0.717, 1.165) is 18.8 Å². The lowest BCUT2D eigenvalue weighted by Crippen LogP contribution is -2.33. The van der Waals surface area contributed by atoms with Crippen molar-refractivity contribution in [1.29, 1.82) is 0 Å². The number of ether oxygens (including phenoxy) is 1. The molecule has 1 heteroatoms. The van der Waals surface area contributed by atoms with E-state index in [9.17, 15) is 0 Å². The van der Waals surface area contributed by atoms with Crippen LogP contribution in [-0.2, 0) is 5.41 Å². The molecule has 1 heterocycles. The van der Waals surface area contributed by atoms with Crippen molar-refractivity contribution in [2.24, 2.45) is 5.92 Å². The van der Waals surface area contributed by atoms with E-state index >= 15 is 0 Å². The first-order valence-electron chi connectivity index (χ1n) is 5.43. The number of fused-ring (bicyclic) bond motifs is 1. The number of hydrogen-bond acceptors (Lipinski definition) is 1. The van der Waals surface area contributed by atoms with Crippen LogP contribution in [0.2, 0.25) is 0 Å². The van der Waals surface area contributed by atoms with Gasteiger partial charge in [-0.15, -0.1) is 0 Å². The molecule has 1 aromatic rings. The zero-order valence-electron chi connectivity index (χ0n) is 9.21. The summed E-state index contributed by atoms with van der Waals surface area (Å²) in [6.07, 6.45) is 1.15. The van der Waals surface area contributed by atoms with Gasteiger partial charge < -0.3 is 4.74 Å². The minimum atomic E-state index is 0.247. The van der Waals surface area contributed by atoms with Crippen molar-refractivity contribution in [2.75, 3.05) is 6.61 Å². The molecule has 76 valence electrons. The average Bonchev–Trinajstić information content (AvgIpc) is 2.57. The Kier molecular flexibility index (Phi) is 2.26. The zero-order chi connectivity index (χ0) is 10.2. The highest BCUT2D eigenvalue weighted by Gasteiger charge is 2.41. The predicted octanol–water partition coefficient (Wildman–Crippen LogP) is 3.38. The van der Waals surface area contributed by atoms with E-state index in [4.69, 9.17) is 4.74 Å². The molecular weight excluding hydrogens is 172 g/mol. The van der Waals surface area contributed by atoms with E-state index in [1.807, 2.05) is 6.07 Å². The Balaban J connectivity index is 2.50. The van der Waals surface area contributed by atoms with Gasteiger partial charge in [0.25, 0.3) is 0 Å². The van der Waals surface area contributed by atoms with E-state index in [1.54, 1.807) is 0 Å². The summed E-state index contributed by atoms with van der Waals surface area (Å²) in [5.41, 5.74) is 1.65. The maximum absolute atomic E-state index is 5.77. The molecule has 0 amide bonds. The van der Waals surface area contributed by atoms with Gasteiger partial charge in [-0.1, -0.05) is 39.0 Å². The molecule has 1 atom stereocenters. The first-order valence-corrected chi connectivity index (χ1v) is 5.43. The van der Waals surface area contributed by atoms with Crippen LogP contribution in [0.1, 0.15) is 32.8 Å².